The first kappa shape index (κ1) is 23.7. The summed E-state index contributed by atoms with van der Waals surface area (Å²) in [5.74, 6) is 2.50. The highest BCUT2D eigenvalue weighted by Crippen LogP contribution is 2.32. The molecule has 188 valence electrons. The second-order valence-corrected chi connectivity index (χ2v) is 8.73. The summed E-state index contributed by atoms with van der Waals surface area (Å²) in [6.07, 6.45) is 0. The molecule has 2 aliphatic rings. The highest BCUT2D eigenvalue weighted by Gasteiger charge is 2.24. The zero-order valence-electron chi connectivity index (χ0n) is 20.4. The molecule has 2 aromatic carbocycles. The molecule has 5 rings (SSSR count). The first-order valence-corrected chi connectivity index (χ1v) is 12.0. The molecule has 3 amide bonds. The van der Waals surface area contributed by atoms with Gasteiger partial charge in [0, 0.05) is 62.7 Å². The number of urea groups is 1. The van der Waals surface area contributed by atoms with Crippen LogP contribution in [0.3, 0.4) is 0 Å². The quantitative estimate of drug-likeness (QED) is 0.564. The first-order valence-electron chi connectivity index (χ1n) is 12.0. The van der Waals surface area contributed by atoms with Crippen molar-refractivity contribution in [3.8, 4) is 23.0 Å². The van der Waals surface area contributed by atoms with E-state index in [1.165, 1.54) is 0 Å². The summed E-state index contributed by atoms with van der Waals surface area (Å²) in [5.41, 5.74) is 2.95. The number of rotatable bonds is 5. The Kier molecular flexibility index (Phi) is 6.77. The summed E-state index contributed by atoms with van der Waals surface area (Å²) in [4.78, 5) is 33.3. The SMILES string of the molecule is CNC(=O)c1ccc(-c2nc(CN3CCN(C(=O)Nc4ccc5c(c4)OCCO5)CC3)c(C)o2)cc1. The smallest absolute Gasteiger partial charge is 0.321 e. The fraction of sp³-hybridized carbons (Fsp3) is 0.346. The summed E-state index contributed by atoms with van der Waals surface area (Å²) < 4.78 is 17.0. The Morgan fingerprint density at radius 3 is 2.42 bits per heavy atom. The minimum Gasteiger partial charge on any atom is -0.486 e. The van der Waals surface area contributed by atoms with Crippen LogP contribution in [0.15, 0.2) is 46.9 Å². The maximum atomic E-state index is 12.8. The van der Waals surface area contributed by atoms with Gasteiger partial charge in [-0.3, -0.25) is 9.69 Å². The molecule has 10 heteroatoms. The Morgan fingerprint density at radius 1 is 0.972 bits per heavy atom. The molecule has 3 heterocycles. The molecule has 0 saturated carbocycles. The lowest BCUT2D eigenvalue weighted by Crippen LogP contribution is -2.49. The number of carbonyl (C=O) groups excluding carboxylic acids is 2. The maximum absolute atomic E-state index is 12.8. The third kappa shape index (κ3) is 5.13. The van der Waals surface area contributed by atoms with E-state index < -0.39 is 0 Å². The van der Waals surface area contributed by atoms with Gasteiger partial charge in [-0.05, 0) is 43.3 Å². The average molecular weight is 492 g/mol. The first-order chi connectivity index (χ1) is 17.5. The number of nitrogens with one attached hydrogen (secondary N) is 2. The molecule has 0 radical (unpaired) electrons. The van der Waals surface area contributed by atoms with E-state index in [0.717, 1.165) is 30.1 Å². The minimum atomic E-state index is -0.134. The Balaban J connectivity index is 1.15. The molecule has 1 fully saturated rings. The number of anilines is 1. The molecule has 10 nitrogen and oxygen atoms in total. The van der Waals surface area contributed by atoms with Gasteiger partial charge in [-0.25, -0.2) is 9.78 Å². The van der Waals surface area contributed by atoms with Crippen molar-refractivity contribution in [3.63, 3.8) is 0 Å². The number of fused-ring (bicyclic) bond motifs is 1. The van der Waals surface area contributed by atoms with Crippen molar-refractivity contribution in [2.24, 2.45) is 0 Å². The summed E-state index contributed by atoms with van der Waals surface area (Å²) in [7, 11) is 1.60. The zero-order chi connectivity index (χ0) is 25.1. The van der Waals surface area contributed by atoms with Crippen LogP contribution in [0.2, 0.25) is 0 Å². The predicted molar refractivity (Wildman–Crippen MR) is 133 cm³/mol. The molecule has 1 saturated heterocycles. The van der Waals surface area contributed by atoms with Gasteiger partial charge in [-0.1, -0.05) is 0 Å². The summed E-state index contributed by atoms with van der Waals surface area (Å²) >= 11 is 0. The van der Waals surface area contributed by atoms with Crippen LogP contribution in [-0.2, 0) is 6.54 Å². The maximum Gasteiger partial charge on any atom is 0.321 e. The van der Waals surface area contributed by atoms with E-state index in [2.05, 4.69) is 15.5 Å². The van der Waals surface area contributed by atoms with E-state index in [4.69, 9.17) is 18.9 Å². The van der Waals surface area contributed by atoms with Crippen molar-refractivity contribution in [3.05, 3.63) is 59.5 Å². The Hall–Kier alpha value is -4.05. The van der Waals surface area contributed by atoms with Crippen LogP contribution in [0, 0.1) is 6.92 Å². The van der Waals surface area contributed by atoms with E-state index in [9.17, 15) is 9.59 Å². The number of oxazole rings is 1. The van der Waals surface area contributed by atoms with E-state index in [-0.39, 0.29) is 11.9 Å². The molecule has 0 aliphatic carbocycles. The summed E-state index contributed by atoms with van der Waals surface area (Å²) in [5, 5.41) is 5.56. The lowest BCUT2D eigenvalue weighted by molar-refractivity contribution is 0.0963. The van der Waals surface area contributed by atoms with E-state index >= 15 is 0 Å². The second kappa shape index (κ2) is 10.3. The molecule has 36 heavy (non-hydrogen) atoms. The van der Waals surface area contributed by atoms with Gasteiger partial charge in [-0.2, -0.15) is 0 Å². The number of piperazine rings is 1. The molecule has 0 bridgehead atoms. The molecular weight excluding hydrogens is 462 g/mol. The molecule has 3 aromatic rings. The predicted octanol–water partition coefficient (Wildman–Crippen LogP) is 3.13. The Labute approximate surface area is 209 Å². The number of ether oxygens (including phenoxy) is 2. The Bertz CT molecular complexity index is 1250. The molecule has 2 N–H and O–H groups in total. The van der Waals surface area contributed by atoms with Crippen molar-refractivity contribution >= 4 is 17.6 Å². The third-order valence-corrected chi connectivity index (χ3v) is 6.34. The number of hydrogen-bond acceptors (Lipinski definition) is 7. The van der Waals surface area contributed by atoms with Crippen molar-refractivity contribution in [2.45, 2.75) is 13.5 Å². The number of aromatic nitrogens is 1. The molecule has 2 aliphatic heterocycles. The average Bonchev–Trinajstić information content (AvgIpc) is 3.28. The molecular formula is C26H29N5O5. The van der Waals surface area contributed by atoms with Crippen LogP contribution < -0.4 is 20.1 Å². The van der Waals surface area contributed by atoms with Crippen molar-refractivity contribution < 1.29 is 23.5 Å². The summed E-state index contributed by atoms with van der Waals surface area (Å²) in [6.45, 7) is 6.27. The van der Waals surface area contributed by atoms with Crippen molar-refractivity contribution in [1.29, 1.82) is 0 Å². The Morgan fingerprint density at radius 2 is 1.69 bits per heavy atom. The number of hydrogen-bond donors (Lipinski definition) is 2. The third-order valence-electron chi connectivity index (χ3n) is 6.34. The lowest BCUT2D eigenvalue weighted by Gasteiger charge is -2.34. The van der Waals surface area contributed by atoms with Crippen LogP contribution in [0.4, 0.5) is 10.5 Å². The van der Waals surface area contributed by atoms with Gasteiger partial charge >= 0.3 is 6.03 Å². The van der Waals surface area contributed by atoms with Gasteiger partial charge in [0.1, 0.15) is 19.0 Å². The number of benzene rings is 2. The normalized spacial score (nSPS) is 15.4. The summed E-state index contributed by atoms with van der Waals surface area (Å²) in [6, 6.07) is 12.5. The number of amides is 3. The van der Waals surface area contributed by atoms with Crippen LogP contribution in [0.5, 0.6) is 11.5 Å². The van der Waals surface area contributed by atoms with Gasteiger partial charge in [-0.15, -0.1) is 0 Å². The fourth-order valence-electron chi connectivity index (χ4n) is 4.25. The topological polar surface area (TPSA) is 109 Å². The molecule has 0 unspecified atom stereocenters. The standard InChI is InChI=1S/C26H29N5O5/c1-17-21(29-25(36-17)19-5-3-18(4-6-19)24(32)27-2)16-30-9-11-31(12-10-30)26(33)28-20-7-8-22-23(15-20)35-14-13-34-22/h3-8,15H,9-14,16H2,1-2H3,(H,27,32)(H,28,33). The van der Waals surface area contributed by atoms with Gasteiger partial charge < -0.3 is 29.4 Å². The van der Waals surface area contributed by atoms with Crippen LogP contribution in [0.1, 0.15) is 21.8 Å². The van der Waals surface area contributed by atoms with Crippen molar-refractivity contribution in [2.75, 3.05) is 51.8 Å². The van der Waals surface area contributed by atoms with Gasteiger partial charge in [0.05, 0.1) is 5.69 Å². The van der Waals surface area contributed by atoms with Crippen LogP contribution >= 0.6 is 0 Å². The molecule has 0 spiro atoms. The largest absolute Gasteiger partial charge is 0.486 e. The molecule has 1 aromatic heterocycles. The lowest BCUT2D eigenvalue weighted by atomic mass is 10.1. The molecule has 0 atom stereocenters. The van der Waals surface area contributed by atoms with Crippen LogP contribution in [0.25, 0.3) is 11.5 Å². The van der Waals surface area contributed by atoms with Crippen LogP contribution in [-0.4, -0.2) is 73.2 Å². The van der Waals surface area contributed by atoms with E-state index in [1.54, 1.807) is 25.2 Å². The monoisotopic (exact) mass is 491 g/mol. The number of nitrogens with zero attached hydrogens (tertiary/aromatic N) is 3. The fourth-order valence-corrected chi connectivity index (χ4v) is 4.25. The highest BCUT2D eigenvalue weighted by atomic mass is 16.6. The van der Waals surface area contributed by atoms with E-state index in [1.807, 2.05) is 36.1 Å². The van der Waals surface area contributed by atoms with Crippen molar-refractivity contribution in [1.82, 2.24) is 20.1 Å². The van der Waals surface area contributed by atoms with Gasteiger partial charge in [0.2, 0.25) is 5.89 Å². The minimum absolute atomic E-state index is 0.133. The van der Waals surface area contributed by atoms with Gasteiger partial charge in [0.25, 0.3) is 5.91 Å². The zero-order valence-corrected chi connectivity index (χ0v) is 20.4. The highest BCUT2D eigenvalue weighted by molar-refractivity contribution is 5.94. The number of aryl methyl sites for hydroxylation is 1. The second-order valence-electron chi connectivity index (χ2n) is 8.73. The van der Waals surface area contributed by atoms with Gasteiger partial charge in [0.15, 0.2) is 11.5 Å². The van der Waals surface area contributed by atoms with E-state index in [0.29, 0.717) is 61.5 Å². The number of carbonyl (C=O) groups is 2.